The maximum atomic E-state index is 13.0. The molecule has 0 aliphatic carbocycles. The predicted molar refractivity (Wildman–Crippen MR) is 116 cm³/mol. The number of carbonyl (C=O) groups is 1. The van der Waals surface area contributed by atoms with Gasteiger partial charge in [0.1, 0.15) is 0 Å². The number of nitrogens with zero attached hydrogens (tertiary/aromatic N) is 4. The van der Waals surface area contributed by atoms with E-state index in [1.807, 2.05) is 24.4 Å². The van der Waals surface area contributed by atoms with Gasteiger partial charge in [-0.05, 0) is 13.0 Å². The lowest BCUT2D eigenvalue weighted by Crippen LogP contribution is -2.48. The smallest absolute Gasteiger partial charge is 0.289 e. The van der Waals surface area contributed by atoms with Gasteiger partial charge in [-0.3, -0.25) is 18.9 Å². The number of aromatic nitrogens is 2. The van der Waals surface area contributed by atoms with E-state index in [-0.39, 0.29) is 11.5 Å². The van der Waals surface area contributed by atoms with Crippen LogP contribution in [0.4, 0.5) is 0 Å². The van der Waals surface area contributed by atoms with E-state index < -0.39 is 0 Å². The Balaban J connectivity index is 1.28. The minimum Gasteiger partial charge on any atom is -0.449 e. The van der Waals surface area contributed by atoms with Crippen molar-refractivity contribution in [3.05, 3.63) is 68.2 Å². The van der Waals surface area contributed by atoms with Gasteiger partial charge < -0.3 is 9.32 Å². The van der Waals surface area contributed by atoms with E-state index in [2.05, 4.69) is 9.88 Å². The highest BCUT2D eigenvalue weighted by Crippen LogP contribution is 2.31. The quantitative estimate of drug-likeness (QED) is 0.486. The molecule has 154 valence electrons. The highest BCUT2D eigenvalue weighted by molar-refractivity contribution is 7.15. The van der Waals surface area contributed by atoms with Crippen LogP contribution in [0.25, 0.3) is 15.9 Å². The summed E-state index contributed by atoms with van der Waals surface area (Å²) in [5.41, 5.74) is 2.06. The van der Waals surface area contributed by atoms with Crippen LogP contribution >= 0.6 is 22.9 Å². The Hall–Kier alpha value is -2.68. The number of para-hydroxylation sites is 1. The lowest BCUT2D eigenvalue weighted by Gasteiger charge is -2.34. The number of hydrogen-bond acceptors (Lipinski definition) is 6. The van der Waals surface area contributed by atoms with Crippen LogP contribution in [0.2, 0.25) is 5.02 Å². The molecule has 0 atom stereocenters. The summed E-state index contributed by atoms with van der Waals surface area (Å²) >= 11 is 7.66. The second-order valence-corrected chi connectivity index (χ2v) is 8.66. The summed E-state index contributed by atoms with van der Waals surface area (Å²) in [6, 6.07) is 7.11. The van der Waals surface area contributed by atoms with Crippen LogP contribution in [0.15, 0.2) is 45.1 Å². The van der Waals surface area contributed by atoms with Crippen molar-refractivity contribution in [2.45, 2.75) is 13.5 Å². The molecule has 0 spiro atoms. The van der Waals surface area contributed by atoms with Crippen molar-refractivity contribution in [1.29, 1.82) is 0 Å². The fraction of sp³-hybridized carbons (Fsp3) is 0.286. The predicted octanol–water partition coefficient (Wildman–Crippen LogP) is 3.42. The molecule has 3 aromatic heterocycles. The molecule has 0 unspecified atom stereocenters. The molecule has 4 aromatic rings. The number of piperazine rings is 1. The van der Waals surface area contributed by atoms with Crippen LogP contribution in [-0.4, -0.2) is 51.3 Å². The van der Waals surface area contributed by atoms with Gasteiger partial charge in [0.2, 0.25) is 0 Å². The molecule has 1 saturated heterocycles. The molecule has 4 heterocycles. The zero-order valence-corrected chi connectivity index (χ0v) is 17.9. The van der Waals surface area contributed by atoms with Crippen LogP contribution in [0.1, 0.15) is 21.8 Å². The van der Waals surface area contributed by atoms with Gasteiger partial charge in [-0.15, -0.1) is 11.3 Å². The van der Waals surface area contributed by atoms with Gasteiger partial charge in [-0.2, -0.15) is 0 Å². The summed E-state index contributed by atoms with van der Waals surface area (Å²) in [5, 5.41) is 3.22. The fourth-order valence-electron chi connectivity index (χ4n) is 3.86. The number of carbonyl (C=O) groups excluding carboxylic acids is 1. The lowest BCUT2D eigenvalue weighted by atomic mass is 10.1. The third-order valence-electron chi connectivity index (χ3n) is 5.51. The van der Waals surface area contributed by atoms with Gasteiger partial charge in [0.15, 0.2) is 16.3 Å². The molecule has 0 bridgehead atoms. The third kappa shape index (κ3) is 3.30. The lowest BCUT2D eigenvalue weighted by molar-refractivity contribution is 0.0598. The second kappa shape index (κ2) is 7.54. The molecular formula is C21H19ClN4O3S. The Morgan fingerprint density at radius 1 is 1.27 bits per heavy atom. The summed E-state index contributed by atoms with van der Waals surface area (Å²) < 4.78 is 7.38. The first kappa shape index (κ1) is 19.3. The molecule has 9 heteroatoms. The van der Waals surface area contributed by atoms with Gasteiger partial charge in [-0.1, -0.05) is 23.7 Å². The third-order valence-corrected chi connectivity index (χ3v) is 6.57. The normalized spacial score (nSPS) is 15.3. The van der Waals surface area contributed by atoms with Gasteiger partial charge in [-0.25, -0.2) is 4.98 Å². The molecule has 7 nitrogen and oxygen atoms in total. The van der Waals surface area contributed by atoms with Crippen molar-refractivity contribution >= 4 is 44.8 Å². The Morgan fingerprint density at radius 3 is 2.83 bits per heavy atom. The molecule has 1 aromatic carbocycles. The molecule has 1 fully saturated rings. The van der Waals surface area contributed by atoms with Crippen molar-refractivity contribution in [2.75, 3.05) is 26.2 Å². The second-order valence-electron chi connectivity index (χ2n) is 7.38. The maximum absolute atomic E-state index is 13.0. The number of furan rings is 1. The summed E-state index contributed by atoms with van der Waals surface area (Å²) in [4.78, 5) is 34.5. The first-order valence-electron chi connectivity index (χ1n) is 9.66. The largest absolute Gasteiger partial charge is 0.449 e. The summed E-state index contributed by atoms with van der Waals surface area (Å²) in [6.07, 6.45) is 1.73. The van der Waals surface area contributed by atoms with Gasteiger partial charge in [0.25, 0.3) is 11.5 Å². The van der Waals surface area contributed by atoms with Crippen LogP contribution in [0, 0.1) is 6.92 Å². The average Bonchev–Trinajstić information content (AvgIpc) is 3.34. The maximum Gasteiger partial charge on any atom is 0.289 e. The standard InChI is InChI=1S/C21H19ClN4O3S/c1-13-15-3-2-4-16(22)19(15)29-18(13)20(28)25-7-5-24(6-8-25)12-14-11-17(27)26-9-10-30-21(26)23-14/h2-4,9-11H,5-8,12H2,1H3. The zero-order valence-electron chi connectivity index (χ0n) is 16.3. The Kier molecular flexibility index (Phi) is 4.85. The molecule has 1 aliphatic rings. The van der Waals surface area contributed by atoms with E-state index >= 15 is 0 Å². The van der Waals surface area contributed by atoms with Gasteiger partial charge in [0.05, 0.1) is 10.7 Å². The average molecular weight is 443 g/mol. The minimum absolute atomic E-state index is 0.0657. The topological polar surface area (TPSA) is 71.1 Å². The van der Waals surface area contributed by atoms with Crippen LogP contribution in [-0.2, 0) is 6.54 Å². The van der Waals surface area contributed by atoms with E-state index in [4.69, 9.17) is 16.0 Å². The summed E-state index contributed by atoms with van der Waals surface area (Å²) in [7, 11) is 0. The number of hydrogen-bond donors (Lipinski definition) is 0. The number of halogens is 1. The zero-order chi connectivity index (χ0) is 20.8. The van der Waals surface area contributed by atoms with Crippen molar-refractivity contribution in [1.82, 2.24) is 19.2 Å². The molecule has 30 heavy (non-hydrogen) atoms. The molecule has 5 rings (SSSR count). The fourth-order valence-corrected chi connectivity index (χ4v) is 4.82. The minimum atomic E-state index is -0.115. The van der Waals surface area contributed by atoms with E-state index in [0.717, 1.165) is 16.6 Å². The van der Waals surface area contributed by atoms with Crippen LogP contribution in [0.5, 0.6) is 0 Å². The Labute approximate surface area is 181 Å². The monoisotopic (exact) mass is 442 g/mol. The number of aryl methyl sites for hydroxylation is 1. The van der Waals surface area contributed by atoms with Gasteiger partial charge in [0, 0.05) is 61.3 Å². The van der Waals surface area contributed by atoms with Crippen molar-refractivity contribution < 1.29 is 9.21 Å². The van der Waals surface area contributed by atoms with E-state index in [9.17, 15) is 9.59 Å². The first-order chi connectivity index (χ1) is 14.5. The van der Waals surface area contributed by atoms with Crippen molar-refractivity contribution in [2.24, 2.45) is 0 Å². The Bertz CT molecular complexity index is 1320. The molecule has 1 aliphatic heterocycles. The molecule has 0 saturated carbocycles. The first-order valence-corrected chi connectivity index (χ1v) is 10.9. The highest BCUT2D eigenvalue weighted by Gasteiger charge is 2.27. The van der Waals surface area contributed by atoms with Crippen LogP contribution in [0.3, 0.4) is 0 Å². The van der Waals surface area contributed by atoms with Crippen molar-refractivity contribution in [3.8, 4) is 0 Å². The number of rotatable bonds is 3. The summed E-state index contributed by atoms with van der Waals surface area (Å²) in [6.45, 7) is 5.06. The van der Waals surface area contributed by atoms with E-state index in [1.54, 1.807) is 27.6 Å². The summed E-state index contributed by atoms with van der Waals surface area (Å²) in [5.74, 6) is 0.236. The molecular weight excluding hydrogens is 424 g/mol. The van der Waals surface area contributed by atoms with E-state index in [1.165, 1.54) is 11.3 Å². The number of amides is 1. The highest BCUT2D eigenvalue weighted by atomic mass is 35.5. The van der Waals surface area contributed by atoms with Gasteiger partial charge >= 0.3 is 0 Å². The molecule has 0 radical (unpaired) electrons. The molecule has 0 N–H and O–H groups in total. The van der Waals surface area contributed by atoms with Crippen molar-refractivity contribution in [3.63, 3.8) is 0 Å². The SMILES string of the molecule is Cc1c(C(=O)N2CCN(Cc3cc(=O)n4ccsc4n3)CC2)oc2c(Cl)cccc12. The number of fused-ring (bicyclic) bond motifs is 2. The van der Waals surface area contributed by atoms with Crippen LogP contribution < -0.4 is 5.56 Å². The number of benzene rings is 1. The Morgan fingerprint density at radius 2 is 2.07 bits per heavy atom. The molecule has 1 amide bonds. The van der Waals surface area contributed by atoms with E-state index in [0.29, 0.717) is 54.1 Å². The number of thiazole rings is 1.